The van der Waals surface area contributed by atoms with Crippen molar-refractivity contribution >= 4 is 16.9 Å². The van der Waals surface area contributed by atoms with Crippen molar-refractivity contribution < 1.29 is 0 Å². The summed E-state index contributed by atoms with van der Waals surface area (Å²) in [5.74, 6) is 0. The van der Waals surface area contributed by atoms with Crippen molar-refractivity contribution in [1.29, 1.82) is 0 Å². The largest absolute Gasteiger partial charge is 0.361 e. The Morgan fingerprint density at radius 1 is 1.16 bits per heavy atom. The fourth-order valence-electron chi connectivity index (χ4n) is 1.99. The van der Waals surface area contributed by atoms with Crippen LogP contribution in [0.2, 0.25) is 0 Å². The zero-order chi connectivity index (χ0) is 12.9. The van der Waals surface area contributed by atoms with Crippen LogP contribution in [0.15, 0.2) is 59.9 Å². The molecular formula is C15H15N3S. The second-order valence-corrected chi connectivity index (χ2v) is 5.57. The Kier molecular flexibility index (Phi) is 3.79. The number of nitrogens with one attached hydrogen (secondary N) is 1. The zero-order valence-electron chi connectivity index (χ0n) is 10.5. The third kappa shape index (κ3) is 3.15. The molecule has 0 saturated carbocycles. The lowest BCUT2D eigenvalue weighted by Crippen LogP contribution is -2.18. The van der Waals surface area contributed by atoms with Crippen molar-refractivity contribution in [3.8, 4) is 0 Å². The third-order valence-corrected chi connectivity index (χ3v) is 4.19. The smallest absolute Gasteiger partial charge is 0.157 e. The lowest BCUT2D eigenvalue weighted by molar-refractivity contribution is 0.905. The Hall–Kier alpha value is -1.81. The third-order valence-electron chi connectivity index (χ3n) is 2.99. The highest BCUT2D eigenvalue weighted by Gasteiger charge is 2.20. The minimum atomic E-state index is 0.442. The average Bonchev–Trinajstić information content (AvgIpc) is 2.96. The van der Waals surface area contributed by atoms with Gasteiger partial charge in [0.15, 0.2) is 5.17 Å². The molecule has 1 aromatic heterocycles. The molecule has 0 bridgehead atoms. The van der Waals surface area contributed by atoms with E-state index in [1.54, 1.807) is 18.0 Å². The number of nitrogens with zero attached hydrogens (tertiary/aromatic N) is 2. The molecule has 0 fully saturated rings. The minimum Gasteiger partial charge on any atom is -0.361 e. The fraction of sp³-hybridized carbons (Fsp3) is 0.200. The molecule has 2 heterocycles. The van der Waals surface area contributed by atoms with Crippen LogP contribution in [0, 0.1) is 0 Å². The molecule has 1 aromatic carbocycles. The Labute approximate surface area is 117 Å². The van der Waals surface area contributed by atoms with Crippen LogP contribution in [0.4, 0.5) is 0 Å². The average molecular weight is 269 g/mol. The number of thioether (sulfide) groups is 1. The highest BCUT2D eigenvalue weighted by Crippen LogP contribution is 2.34. The first kappa shape index (κ1) is 12.2. The van der Waals surface area contributed by atoms with Gasteiger partial charge in [-0.3, -0.25) is 9.98 Å². The van der Waals surface area contributed by atoms with Crippen molar-refractivity contribution in [2.45, 2.75) is 11.8 Å². The van der Waals surface area contributed by atoms with Crippen molar-refractivity contribution in [2.24, 2.45) is 4.99 Å². The van der Waals surface area contributed by atoms with Crippen LogP contribution in [-0.2, 0) is 6.54 Å². The van der Waals surface area contributed by atoms with Gasteiger partial charge in [0, 0.05) is 18.9 Å². The molecule has 19 heavy (non-hydrogen) atoms. The summed E-state index contributed by atoms with van der Waals surface area (Å²) < 4.78 is 0. The van der Waals surface area contributed by atoms with E-state index in [2.05, 4.69) is 45.6 Å². The van der Waals surface area contributed by atoms with Crippen molar-refractivity contribution in [3.05, 3.63) is 66.0 Å². The summed E-state index contributed by atoms with van der Waals surface area (Å²) in [6.07, 6.45) is 3.67. The maximum Gasteiger partial charge on any atom is 0.157 e. The molecule has 0 saturated heterocycles. The Morgan fingerprint density at radius 3 is 2.84 bits per heavy atom. The molecule has 0 amide bonds. The van der Waals surface area contributed by atoms with Gasteiger partial charge in [0.1, 0.15) is 0 Å². The van der Waals surface area contributed by atoms with Gasteiger partial charge >= 0.3 is 0 Å². The topological polar surface area (TPSA) is 37.3 Å². The molecule has 1 unspecified atom stereocenters. The van der Waals surface area contributed by atoms with E-state index in [0.717, 1.165) is 18.3 Å². The first-order valence-electron chi connectivity index (χ1n) is 6.30. The second-order valence-electron chi connectivity index (χ2n) is 4.38. The quantitative estimate of drug-likeness (QED) is 0.930. The van der Waals surface area contributed by atoms with E-state index < -0.39 is 0 Å². The maximum atomic E-state index is 4.56. The Balaban J connectivity index is 1.55. The monoisotopic (exact) mass is 269 g/mol. The molecule has 3 rings (SSSR count). The van der Waals surface area contributed by atoms with E-state index in [0.29, 0.717) is 5.25 Å². The van der Waals surface area contributed by atoms with Gasteiger partial charge in [0.25, 0.3) is 0 Å². The molecule has 1 aliphatic heterocycles. The van der Waals surface area contributed by atoms with E-state index >= 15 is 0 Å². The SMILES string of the molecule is c1ccc(C2CN=C(NCc3cccnc3)S2)cc1. The van der Waals surface area contributed by atoms with E-state index in [9.17, 15) is 0 Å². The molecule has 3 nitrogen and oxygen atoms in total. The minimum absolute atomic E-state index is 0.442. The van der Waals surface area contributed by atoms with Crippen LogP contribution >= 0.6 is 11.8 Å². The summed E-state index contributed by atoms with van der Waals surface area (Å²) in [6, 6.07) is 14.6. The van der Waals surface area contributed by atoms with Crippen LogP contribution in [0.3, 0.4) is 0 Å². The standard InChI is InChI=1S/C15H15N3S/c1-2-6-13(7-3-1)14-11-18-15(19-14)17-10-12-5-4-8-16-9-12/h1-9,14H,10-11H2,(H,17,18). The lowest BCUT2D eigenvalue weighted by Gasteiger charge is -2.09. The van der Waals surface area contributed by atoms with Gasteiger partial charge < -0.3 is 5.32 Å². The highest BCUT2D eigenvalue weighted by atomic mass is 32.2. The fourth-order valence-corrected chi connectivity index (χ4v) is 3.01. The molecule has 1 N–H and O–H groups in total. The lowest BCUT2D eigenvalue weighted by atomic mass is 10.1. The number of aliphatic imine (C=N–C) groups is 1. The molecule has 1 aliphatic rings. The summed E-state index contributed by atoms with van der Waals surface area (Å²) in [6.45, 7) is 1.63. The van der Waals surface area contributed by atoms with Gasteiger partial charge in [-0.25, -0.2) is 0 Å². The van der Waals surface area contributed by atoms with Gasteiger partial charge in [-0.1, -0.05) is 48.2 Å². The molecule has 2 aromatic rings. The molecular weight excluding hydrogens is 254 g/mol. The number of pyridine rings is 1. The summed E-state index contributed by atoms with van der Waals surface area (Å²) >= 11 is 1.80. The van der Waals surface area contributed by atoms with Crippen LogP contribution in [-0.4, -0.2) is 16.7 Å². The first-order valence-corrected chi connectivity index (χ1v) is 7.18. The van der Waals surface area contributed by atoms with Crippen LogP contribution < -0.4 is 5.32 Å². The van der Waals surface area contributed by atoms with E-state index in [4.69, 9.17) is 0 Å². The van der Waals surface area contributed by atoms with Gasteiger partial charge in [0.2, 0.25) is 0 Å². The number of benzene rings is 1. The van der Waals surface area contributed by atoms with E-state index in [1.807, 2.05) is 18.3 Å². The Bertz CT molecular complexity index is 554. The van der Waals surface area contributed by atoms with Gasteiger partial charge in [-0.15, -0.1) is 0 Å². The van der Waals surface area contributed by atoms with Crippen molar-refractivity contribution in [1.82, 2.24) is 10.3 Å². The predicted molar refractivity (Wildman–Crippen MR) is 80.2 cm³/mol. The van der Waals surface area contributed by atoms with Gasteiger partial charge in [-0.05, 0) is 17.2 Å². The summed E-state index contributed by atoms with van der Waals surface area (Å²) in [5.41, 5.74) is 2.52. The number of hydrogen-bond donors (Lipinski definition) is 1. The zero-order valence-corrected chi connectivity index (χ0v) is 11.3. The second kappa shape index (κ2) is 5.89. The Morgan fingerprint density at radius 2 is 2.05 bits per heavy atom. The normalized spacial score (nSPS) is 18.1. The van der Waals surface area contributed by atoms with Gasteiger partial charge in [-0.2, -0.15) is 0 Å². The number of amidine groups is 1. The van der Waals surface area contributed by atoms with Crippen molar-refractivity contribution in [2.75, 3.05) is 6.54 Å². The number of hydrogen-bond acceptors (Lipinski definition) is 4. The first-order chi connectivity index (χ1) is 9.42. The van der Waals surface area contributed by atoms with E-state index in [-0.39, 0.29) is 0 Å². The highest BCUT2D eigenvalue weighted by molar-refractivity contribution is 8.14. The van der Waals surface area contributed by atoms with Crippen molar-refractivity contribution in [3.63, 3.8) is 0 Å². The molecule has 0 aliphatic carbocycles. The van der Waals surface area contributed by atoms with Crippen LogP contribution in [0.5, 0.6) is 0 Å². The molecule has 0 spiro atoms. The molecule has 96 valence electrons. The van der Waals surface area contributed by atoms with Crippen LogP contribution in [0.25, 0.3) is 0 Å². The van der Waals surface area contributed by atoms with E-state index in [1.165, 1.54) is 11.1 Å². The van der Waals surface area contributed by atoms with Gasteiger partial charge in [0.05, 0.1) is 11.8 Å². The number of aromatic nitrogens is 1. The molecule has 0 radical (unpaired) electrons. The predicted octanol–water partition coefficient (Wildman–Crippen LogP) is 3.02. The summed E-state index contributed by atoms with van der Waals surface area (Å²) in [5, 5.41) is 4.84. The van der Waals surface area contributed by atoms with Crippen LogP contribution in [0.1, 0.15) is 16.4 Å². The summed E-state index contributed by atoms with van der Waals surface area (Å²) in [4.78, 5) is 8.66. The maximum absolute atomic E-state index is 4.56. The molecule has 1 atom stereocenters. The summed E-state index contributed by atoms with van der Waals surface area (Å²) in [7, 11) is 0. The molecule has 4 heteroatoms. The number of rotatable bonds is 3.